The summed E-state index contributed by atoms with van der Waals surface area (Å²) in [7, 11) is 1.63. The van der Waals surface area contributed by atoms with Crippen molar-refractivity contribution < 1.29 is 9.53 Å². The molecule has 2 aromatic rings. The van der Waals surface area contributed by atoms with Gasteiger partial charge in [0.1, 0.15) is 5.75 Å². The van der Waals surface area contributed by atoms with Gasteiger partial charge in [-0.25, -0.2) is 0 Å². The van der Waals surface area contributed by atoms with E-state index in [1.165, 1.54) is 24.8 Å². The molecule has 0 amide bonds. The van der Waals surface area contributed by atoms with Gasteiger partial charge in [-0.05, 0) is 30.5 Å². The Morgan fingerprint density at radius 1 is 1.12 bits per heavy atom. The molecule has 0 heterocycles. The van der Waals surface area contributed by atoms with E-state index in [9.17, 15) is 4.79 Å². The van der Waals surface area contributed by atoms with Crippen LogP contribution < -0.4 is 10.1 Å². The number of allylic oxidation sites excluding steroid dienone is 1. The Morgan fingerprint density at radius 2 is 1.92 bits per heavy atom. The van der Waals surface area contributed by atoms with Gasteiger partial charge in [-0.2, -0.15) is 0 Å². The van der Waals surface area contributed by atoms with E-state index in [0.717, 1.165) is 17.9 Å². The van der Waals surface area contributed by atoms with Crippen LogP contribution in [0.2, 0.25) is 0 Å². The summed E-state index contributed by atoms with van der Waals surface area (Å²) in [5.41, 5.74) is 2.88. The first-order chi connectivity index (χ1) is 11.7. The summed E-state index contributed by atoms with van der Waals surface area (Å²) in [5.74, 6) is 0.767. The van der Waals surface area contributed by atoms with E-state index in [1.807, 2.05) is 48.5 Å². The molecule has 0 aliphatic rings. The number of ketones is 1. The highest BCUT2D eigenvalue weighted by atomic mass is 16.5. The average Bonchev–Trinajstić information content (AvgIpc) is 2.62. The summed E-state index contributed by atoms with van der Waals surface area (Å²) < 4.78 is 5.17. The van der Waals surface area contributed by atoms with Crippen molar-refractivity contribution in [2.75, 3.05) is 12.4 Å². The molecule has 0 unspecified atom stereocenters. The lowest BCUT2D eigenvalue weighted by Crippen LogP contribution is -1.97. The molecule has 3 nitrogen and oxygen atoms in total. The van der Waals surface area contributed by atoms with Gasteiger partial charge in [0.2, 0.25) is 0 Å². The summed E-state index contributed by atoms with van der Waals surface area (Å²) in [4.78, 5) is 12.2. The molecule has 0 spiro atoms. The van der Waals surface area contributed by atoms with Crippen molar-refractivity contribution in [2.24, 2.45) is 0 Å². The maximum absolute atomic E-state index is 12.2. The molecule has 0 saturated carbocycles. The molecule has 1 N–H and O–H groups in total. The second-order valence-corrected chi connectivity index (χ2v) is 5.73. The number of unbranched alkanes of at least 4 members (excludes halogenated alkanes) is 2. The van der Waals surface area contributed by atoms with Gasteiger partial charge in [0.05, 0.1) is 7.11 Å². The Balaban J connectivity index is 1.89. The number of benzene rings is 2. The van der Waals surface area contributed by atoms with Crippen LogP contribution in [0.1, 0.15) is 42.1 Å². The number of rotatable bonds is 9. The molecule has 0 saturated heterocycles. The minimum absolute atomic E-state index is 0.00879. The van der Waals surface area contributed by atoms with E-state index in [0.29, 0.717) is 5.56 Å². The molecule has 2 rings (SSSR count). The topological polar surface area (TPSA) is 38.3 Å². The van der Waals surface area contributed by atoms with E-state index >= 15 is 0 Å². The third-order valence-electron chi connectivity index (χ3n) is 3.86. The number of nitrogens with one attached hydrogen (secondary N) is 1. The van der Waals surface area contributed by atoms with Gasteiger partial charge < -0.3 is 10.1 Å². The Kier molecular flexibility index (Phi) is 7.09. The fourth-order valence-electron chi connectivity index (χ4n) is 2.44. The number of aryl methyl sites for hydroxylation is 1. The Morgan fingerprint density at radius 3 is 2.62 bits per heavy atom. The number of carbonyl (C=O) groups excluding carboxylic acids is 1. The minimum Gasteiger partial charge on any atom is -0.497 e. The first-order valence-corrected chi connectivity index (χ1v) is 8.43. The molecule has 0 aliphatic carbocycles. The molecule has 0 atom stereocenters. The quantitative estimate of drug-likeness (QED) is 0.390. The van der Waals surface area contributed by atoms with Gasteiger partial charge in [0.25, 0.3) is 0 Å². The van der Waals surface area contributed by atoms with Gasteiger partial charge in [-0.15, -0.1) is 0 Å². The summed E-state index contributed by atoms with van der Waals surface area (Å²) in [6, 6.07) is 15.5. The highest BCUT2D eigenvalue weighted by Crippen LogP contribution is 2.16. The highest BCUT2D eigenvalue weighted by molar-refractivity contribution is 6.04. The molecule has 0 radical (unpaired) electrons. The number of anilines is 1. The zero-order valence-electron chi connectivity index (χ0n) is 14.4. The number of hydrogen-bond donors (Lipinski definition) is 1. The van der Waals surface area contributed by atoms with Crippen LogP contribution in [0.25, 0.3) is 0 Å². The Bertz CT molecular complexity index is 674. The van der Waals surface area contributed by atoms with Gasteiger partial charge in [-0.3, -0.25) is 4.79 Å². The summed E-state index contributed by atoms with van der Waals surface area (Å²) in [5, 5.41) is 3.08. The average molecular weight is 323 g/mol. The lowest BCUT2D eigenvalue weighted by Gasteiger charge is -2.04. The minimum atomic E-state index is -0.00879. The maximum Gasteiger partial charge on any atom is 0.187 e. The van der Waals surface area contributed by atoms with Crippen LogP contribution in [0.15, 0.2) is 60.8 Å². The first-order valence-electron chi connectivity index (χ1n) is 8.43. The van der Waals surface area contributed by atoms with Crippen molar-refractivity contribution >= 4 is 11.5 Å². The molecule has 0 bridgehead atoms. The molecular weight excluding hydrogens is 298 g/mol. The van der Waals surface area contributed by atoms with Crippen LogP contribution in [0, 0.1) is 0 Å². The summed E-state index contributed by atoms with van der Waals surface area (Å²) >= 11 is 0. The molecule has 0 fully saturated rings. The van der Waals surface area contributed by atoms with Crippen molar-refractivity contribution in [3.63, 3.8) is 0 Å². The lowest BCUT2D eigenvalue weighted by atomic mass is 10.0. The maximum atomic E-state index is 12.2. The molecule has 3 heteroatoms. The largest absolute Gasteiger partial charge is 0.497 e. The zero-order chi connectivity index (χ0) is 17.2. The second-order valence-electron chi connectivity index (χ2n) is 5.73. The van der Waals surface area contributed by atoms with Crippen LogP contribution in [0.5, 0.6) is 5.75 Å². The fourth-order valence-corrected chi connectivity index (χ4v) is 2.44. The molecular formula is C21H25NO2. The van der Waals surface area contributed by atoms with Crippen LogP contribution in [0.4, 0.5) is 5.69 Å². The van der Waals surface area contributed by atoms with Gasteiger partial charge in [-0.1, -0.05) is 50.1 Å². The van der Waals surface area contributed by atoms with Crippen molar-refractivity contribution in [1.82, 2.24) is 0 Å². The number of hydrogen-bond acceptors (Lipinski definition) is 3. The van der Waals surface area contributed by atoms with Gasteiger partial charge >= 0.3 is 0 Å². The predicted octanol–water partition coefficient (Wildman–Crippen LogP) is 5.24. The molecule has 0 aliphatic heterocycles. The normalized spacial score (nSPS) is 10.8. The van der Waals surface area contributed by atoms with E-state index in [1.54, 1.807) is 19.4 Å². The third-order valence-corrected chi connectivity index (χ3v) is 3.86. The standard InChI is InChI=1S/C21H25NO2/c1-3-4-5-7-17-10-12-18(13-11-17)21(23)14-15-22-19-8-6-9-20(16-19)24-2/h6,8-16,22H,3-5,7H2,1-2H3/b15-14+. The van der Waals surface area contributed by atoms with E-state index < -0.39 is 0 Å². The van der Waals surface area contributed by atoms with Crippen molar-refractivity contribution in [2.45, 2.75) is 32.6 Å². The number of ether oxygens (including phenoxy) is 1. The van der Waals surface area contributed by atoms with Gasteiger partial charge in [0.15, 0.2) is 5.78 Å². The Hall–Kier alpha value is -2.55. The van der Waals surface area contributed by atoms with Crippen LogP contribution >= 0.6 is 0 Å². The molecule has 0 aromatic heterocycles. The highest BCUT2D eigenvalue weighted by Gasteiger charge is 2.02. The van der Waals surface area contributed by atoms with Crippen molar-refractivity contribution in [3.8, 4) is 5.75 Å². The number of carbonyl (C=O) groups is 1. The van der Waals surface area contributed by atoms with Crippen molar-refractivity contribution in [1.29, 1.82) is 0 Å². The van der Waals surface area contributed by atoms with Crippen molar-refractivity contribution in [3.05, 3.63) is 71.9 Å². The predicted molar refractivity (Wildman–Crippen MR) is 99.8 cm³/mol. The Labute approximate surface area is 144 Å². The summed E-state index contributed by atoms with van der Waals surface area (Å²) in [6.45, 7) is 2.20. The fraction of sp³-hybridized carbons (Fsp3) is 0.286. The van der Waals surface area contributed by atoms with Crippen LogP contribution in [-0.4, -0.2) is 12.9 Å². The lowest BCUT2D eigenvalue weighted by molar-refractivity contribution is 0.104. The van der Waals surface area contributed by atoms with E-state index in [4.69, 9.17) is 4.74 Å². The first kappa shape index (κ1) is 17.8. The number of methoxy groups -OCH3 is 1. The van der Waals surface area contributed by atoms with Crippen LogP contribution in [0.3, 0.4) is 0 Å². The molecule has 24 heavy (non-hydrogen) atoms. The zero-order valence-corrected chi connectivity index (χ0v) is 14.4. The summed E-state index contributed by atoms with van der Waals surface area (Å²) in [6.07, 6.45) is 7.96. The van der Waals surface area contributed by atoms with E-state index in [2.05, 4.69) is 12.2 Å². The smallest absolute Gasteiger partial charge is 0.187 e. The monoisotopic (exact) mass is 323 g/mol. The van der Waals surface area contributed by atoms with Gasteiger partial charge in [0, 0.05) is 29.6 Å². The van der Waals surface area contributed by atoms with Crippen LogP contribution in [-0.2, 0) is 6.42 Å². The van der Waals surface area contributed by atoms with E-state index in [-0.39, 0.29) is 5.78 Å². The third kappa shape index (κ3) is 5.58. The SMILES string of the molecule is CCCCCc1ccc(C(=O)/C=C/Nc2cccc(OC)c2)cc1. The molecule has 126 valence electrons. The second kappa shape index (κ2) is 9.56. The molecule has 2 aromatic carbocycles.